The molecule has 0 aliphatic heterocycles. The van der Waals surface area contributed by atoms with Crippen molar-refractivity contribution in [3.63, 3.8) is 0 Å². The Hall–Kier alpha value is -2.35. The van der Waals surface area contributed by atoms with E-state index in [9.17, 15) is 4.79 Å². The second-order valence-corrected chi connectivity index (χ2v) is 4.80. The van der Waals surface area contributed by atoms with E-state index in [1.54, 1.807) is 0 Å². The van der Waals surface area contributed by atoms with E-state index in [2.05, 4.69) is 31.2 Å². The van der Waals surface area contributed by atoms with Gasteiger partial charge < -0.3 is 4.57 Å². The topological polar surface area (TPSA) is 22.0 Å². The Morgan fingerprint density at radius 2 is 1.84 bits per heavy atom. The van der Waals surface area contributed by atoms with Crippen LogP contribution in [0.1, 0.15) is 15.9 Å². The third-order valence-electron chi connectivity index (χ3n) is 3.34. The van der Waals surface area contributed by atoms with E-state index in [-0.39, 0.29) is 5.78 Å². The summed E-state index contributed by atoms with van der Waals surface area (Å²) in [6.45, 7) is 2.46. The minimum atomic E-state index is 0.138. The normalized spacial score (nSPS) is 10.8. The van der Waals surface area contributed by atoms with E-state index in [1.807, 2.05) is 41.1 Å². The van der Waals surface area contributed by atoms with Crippen LogP contribution in [0.4, 0.5) is 0 Å². The van der Waals surface area contributed by atoms with Crippen LogP contribution < -0.4 is 0 Å². The summed E-state index contributed by atoms with van der Waals surface area (Å²) in [5.41, 5.74) is 3.10. The number of hydrogen-bond acceptors (Lipinski definition) is 1. The number of aromatic nitrogens is 1. The Kier molecular flexibility index (Phi) is 2.92. The number of Topliss-reactive ketones (excluding diaryl/α,β-unsaturated/α-hetero) is 1. The molecule has 0 aliphatic carbocycles. The summed E-state index contributed by atoms with van der Waals surface area (Å²) < 4.78 is 2.00. The second kappa shape index (κ2) is 4.73. The average Bonchev–Trinajstić information content (AvgIpc) is 2.82. The van der Waals surface area contributed by atoms with Gasteiger partial charge >= 0.3 is 0 Å². The first-order valence-electron chi connectivity index (χ1n) is 6.38. The molecule has 0 radical (unpaired) electrons. The van der Waals surface area contributed by atoms with Gasteiger partial charge in [0.05, 0.1) is 6.54 Å². The van der Waals surface area contributed by atoms with Crippen LogP contribution in [0.3, 0.4) is 0 Å². The van der Waals surface area contributed by atoms with Crippen molar-refractivity contribution in [2.24, 2.45) is 0 Å². The van der Waals surface area contributed by atoms with Gasteiger partial charge in [-0.25, -0.2) is 0 Å². The van der Waals surface area contributed by atoms with Gasteiger partial charge in [0.25, 0.3) is 0 Å². The van der Waals surface area contributed by atoms with Gasteiger partial charge in [0.1, 0.15) is 0 Å². The molecule has 0 saturated heterocycles. The van der Waals surface area contributed by atoms with Crippen LogP contribution >= 0.6 is 0 Å². The minimum absolute atomic E-state index is 0.138. The zero-order chi connectivity index (χ0) is 13.2. The molecule has 3 rings (SSSR count). The van der Waals surface area contributed by atoms with E-state index in [0.717, 1.165) is 11.1 Å². The van der Waals surface area contributed by atoms with Crippen LogP contribution in [0.25, 0.3) is 10.9 Å². The van der Waals surface area contributed by atoms with Gasteiger partial charge in [0.15, 0.2) is 5.78 Å². The van der Waals surface area contributed by atoms with Crippen LogP contribution in [0.5, 0.6) is 0 Å². The molecule has 2 nitrogen and oxygen atoms in total. The number of ketones is 1. The van der Waals surface area contributed by atoms with Crippen LogP contribution in [0, 0.1) is 6.92 Å². The van der Waals surface area contributed by atoms with Crippen molar-refractivity contribution in [2.45, 2.75) is 13.5 Å². The molecule has 0 N–H and O–H groups in total. The van der Waals surface area contributed by atoms with Crippen molar-refractivity contribution in [3.05, 3.63) is 71.9 Å². The third kappa shape index (κ3) is 2.29. The summed E-state index contributed by atoms with van der Waals surface area (Å²) in [6, 6.07) is 17.8. The molecule has 94 valence electrons. The molecule has 0 fully saturated rings. The molecular weight excluding hydrogens is 234 g/mol. The summed E-state index contributed by atoms with van der Waals surface area (Å²) >= 11 is 0. The monoisotopic (exact) mass is 249 g/mol. The number of nitrogens with zero attached hydrogens (tertiary/aromatic N) is 1. The number of rotatable bonds is 3. The lowest BCUT2D eigenvalue weighted by Gasteiger charge is -2.05. The number of aryl methyl sites for hydroxylation is 1. The van der Waals surface area contributed by atoms with E-state index in [4.69, 9.17) is 0 Å². The maximum atomic E-state index is 12.2. The van der Waals surface area contributed by atoms with Crippen molar-refractivity contribution in [1.82, 2.24) is 4.57 Å². The lowest BCUT2D eigenvalue weighted by molar-refractivity contribution is 0.0973. The van der Waals surface area contributed by atoms with E-state index in [1.165, 1.54) is 10.9 Å². The van der Waals surface area contributed by atoms with Gasteiger partial charge in [-0.3, -0.25) is 4.79 Å². The van der Waals surface area contributed by atoms with Crippen LogP contribution in [-0.4, -0.2) is 10.4 Å². The van der Waals surface area contributed by atoms with Crippen LogP contribution in [-0.2, 0) is 6.54 Å². The smallest absolute Gasteiger partial charge is 0.182 e. The van der Waals surface area contributed by atoms with Gasteiger partial charge in [-0.05, 0) is 30.5 Å². The van der Waals surface area contributed by atoms with Gasteiger partial charge in [-0.15, -0.1) is 0 Å². The largest absolute Gasteiger partial charge is 0.340 e. The first kappa shape index (κ1) is 11.7. The number of hydrogen-bond donors (Lipinski definition) is 0. The Labute approximate surface area is 112 Å². The molecule has 2 heteroatoms. The third-order valence-corrected chi connectivity index (χ3v) is 3.34. The Morgan fingerprint density at radius 3 is 2.63 bits per heavy atom. The molecule has 3 aromatic rings. The fourth-order valence-corrected chi connectivity index (χ4v) is 2.33. The van der Waals surface area contributed by atoms with Crippen molar-refractivity contribution in [1.29, 1.82) is 0 Å². The molecule has 0 amide bonds. The predicted molar refractivity (Wildman–Crippen MR) is 77.4 cm³/mol. The first-order chi connectivity index (χ1) is 9.24. The van der Waals surface area contributed by atoms with Gasteiger partial charge in [-0.1, -0.05) is 42.0 Å². The van der Waals surface area contributed by atoms with Crippen LogP contribution in [0.15, 0.2) is 60.8 Å². The number of benzene rings is 2. The molecule has 0 spiro atoms. The molecule has 0 saturated carbocycles. The maximum absolute atomic E-state index is 12.2. The molecular formula is C17H15NO. The number of carbonyl (C=O) groups excluding carboxylic acids is 1. The highest BCUT2D eigenvalue weighted by molar-refractivity contribution is 5.96. The van der Waals surface area contributed by atoms with Crippen LogP contribution in [0.2, 0.25) is 0 Å². The molecule has 1 heterocycles. The number of carbonyl (C=O) groups is 1. The zero-order valence-electron chi connectivity index (χ0n) is 10.8. The predicted octanol–water partition coefficient (Wildman–Crippen LogP) is 3.83. The number of fused-ring (bicyclic) bond motifs is 1. The fourth-order valence-electron chi connectivity index (χ4n) is 2.33. The van der Waals surface area contributed by atoms with Crippen molar-refractivity contribution in [3.8, 4) is 0 Å². The van der Waals surface area contributed by atoms with Crippen molar-refractivity contribution < 1.29 is 4.79 Å². The Morgan fingerprint density at radius 1 is 1.05 bits per heavy atom. The highest BCUT2D eigenvalue weighted by atomic mass is 16.1. The van der Waals surface area contributed by atoms with Gasteiger partial charge in [-0.2, -0.15) is 0 Å². The lowest BCUT2D eigenvalue weighted by Crippen LogP contribution is -2.09. The summed E-state index contributed by atoms with van der Waals surface area (Å²) in [6.07, 6.45) is 1.98. The standard InChI is InChI=1S/C17H15NO/c1-13-7-8-16-15(11-13)9-10-18(16)12-17(19)14-5-3-2-4-6-14/h2-11H,12H2,1H3. The quantitative estimate of drug-likeness (QED) is 0.646. The van der Waals surface area contributed by atoms with Crippen molar-refractivity contribution in [2.75, 3.05) is 0 Å². The summed E-state index contributed by atoms with van der Waals surface area (Å²) in [4.78, 5) is 12.2. The van der Waals surface area contributed by atoms with E-state index in [0.29, 0.717) is 6.54 Å². The molecule has 2 aromatic carbocycles. The fraction of sp³-hybridized carbons (Fsp3) is 0.118. The minimum Gasteiger partial charge on any atom is -0.340 e. The van der Waals surface area contributed by atoms with Crippen molar-refractivity contribution >= 4 is 16.7 Å². The Bertz CT molecular complexity index is 725. The second-order valence-electron chi connectivity index (χ2n) is 4.80. The summed E-state index contributed by atoms with van der Waals surface area (Å²) in [5, 5.41) is 1.18. The zero-order valence-corrected chi connectivity index (χ0v) is 10.8. The summed E-state index contributed by atoms with van der Waals surface area (Å²) in [5.74, 6) is 0.138. The molecule has 19 heavy (non-hydrogen) atoms. The Balaban J connectivity index is 1.92. The highest BCUT2D eigenvalue weighted by Crippen LogP contribution is 2.18. The highest BCUT2D eigenvalue weighted by Gasteiger charge is 2.08. The molecule has 0 unspecified atom stereocenters. The maximum Gasteiger partial charge on any atom is 0.182 e. The molecule has 1 aromatic heterocycles. The molecule has 0 aliphatic rings. The molecule has 0 bridgehead atoms. The van der Waals surface area contributed by atoms with E-state index >= 15 is 0 Å². The average molecular weight is 249 g/mol. The summed E-state index contributed by atoms with van der Waals surface area (Å²) in [7, 11) is 0. The SMILES string of the molecule is Cc1ccc2c(ccn2CC(=O)c2ccccc2)c1. The van der Waals surface area contributed by atoms with Gasteiger partial charge in [0.2, 0.25) is 0 Å². The first-order valence-corrected chi connectivity index (χ1v) is 6.38. The van der Waals surface area contributed by atoms with E-state index < -0.39 is 0 Å². The molecule has 0 atom stereocenters. The lowest BCUT2D eigenvalue weighted by atomic mass is 10.1. The van der Waals surface area contributed by atoms with Gasteiger partial charge in [0, 0.05) is 17.3 Å².